The van der Waals surface area contributed by atoms with Crippen LogP contribution >= 0.6 is 22.9 Å². The van der Waals surface area contributed by atoms with Crippen molar-refractivity contribution in [3.63, 3.8) is 0 Å². The first kappa shape index (κ1) is 14.2. The molecule has 6 heteroatoms. The van der Waals surface area contributed by atoms with Crippen molar-refractivity contribution in [2.45, 2.75) is 20.4 Å². The molecule has 0 unspecified atom stereocenters. The highest BCUT2D eigenvalue weighted by atomic mass is 35.5. The van der Waals surface area contributed by atoms with Gasteiger partial charge in [0.15, 0.2) is 0 Å². The summed E-state index contributed by atoms with van der Waals surface area (Å²) in [7, 11) is 0. The molecule has 3 rings (SSSR count). The molecule has 0 aliphatic carbocycles. The molecule has 3 aromatic rings. The first-order valence-electron chi connectivity index (χ1n) is 6.38. The van der Waals surface area contributed by atoms with Crippen molar-refractivity contribution in [3.8, 4) is 0 Å². The van der Waals surface area contributed by atoms with Crippen LogP contribution in [0.1, 0.15) is 16.3 Å². The minimum atomic E-state index is -0.421. The van der Waals surface area contributed by atoms with Crippen LogP contribution in [-0.2, 0) is 6.54 Å². The Morgan fingerprint density at radius 1 is 1.38 bits per heavy atom. The van der Waals surface area contributed by atoms with Crippen LogP contribution in [0.25, 0.3) is 10.2 Å². The number of nitrogens with zero attached hydrogens (tertiary/aromatic N) is 2. The van der Waals surface area contributed by atoms with Crippen LogP contribution in [0.5, 0.6) is 0 Å². The van der Waals surface area contributed by atoms with Crippen LogP contribution in [0.3, 0.4) is 0 Å². The number of hydrogen-bond donors (Lipinski definition) is 0. The predicted molar refractivity (Wildman–Crippen MR) is 83.9 cm³/mol. The molecule has 0 saturated carbocycles. The Hall–Kier alpha value is -1.72. The van der Waals surface area contributed by atoms with Gasteiger partial charge in [0, 0.05) is 15.5 Å². The summed E-state index contributed by atoms with van der Waals surface area (Å²) in [5.74, 6) is 0.129. The van der Waals surface area contributed by atoms with Crippen LogP contribution < -0.4 is 5.56 Å². The van der Waals surface area contributed by atoms with Gasteiger partial charge in [0.1, 0.15) is 16.5 Å². The van der Waals surface area contributed by atoms with E-state index in [-0.39, 0.29) is 12.1 Å². The molecule has 2 aromatic heterocycles. The first-order valence-corrected chi connectivity index (χ1v) is 7.57. The van der Waals surface area contributed by atoms with Gasteiger partial charge in [-0.1, -0.05) is 17.7 Å². The number of benzene rings is 1. The Balaban J connectivity index is 2.19. The lowest BCUT2D eigenvalue weighted by molar-refractivity contribution is 0.591. The van der Waals surface area contributed by atoms with Crippen molar-refractivity contribution in [2.24, 2.45) is 0 Å². The third-order valence-electron chi connectivity index (χ3n) is 3.34. The fourth-order valence-corrected chi connectivity index (χ4v) is 3.40. The van der Waals surface area contributed by atoms with Crippen molar-refractivity contribution in [2.75, 3.05) is 0 Å². The molecule has 1 aromatic carbocycles. The van der Waals surface area contributed by atoms with E-state index in [1.807, 2.05) is 13.0 Å². The fourth-order valence-electron chi connectivity index (χ4n) is 2.27. The molecule has 108 valence electrons. The summed E-state index contributed by atoms with van der Waals surface area (Å²) in [5, 5.41) is 0.874. The molecule has 0 fully saturated rings. The van der Waals surface area contributed by atoms with Gasteiger partial charge in [0.05, 0.1) is 11.9 Å². The normalized spacial score (nSPS) is 11.2. The first-order chi connectivity index (χ1) is 9.97. The molecule has 0 bridgehead atoms. The zero-order valence-corrected chi connectivity index (χ0v) is 13.1. The highest BCUT2D eigenvalue weighted by Gasteiger charge is 2.14. The van der Waals surface area contributed by atoms with Gasteiger partial charge in [-0.25, -0.2) is 9.37 Å². The lowest BCUT2D eigenvalue weighted by Gasteiger charge is -2.11. The van der Waals surface area contributed by atoms with Crippen molar-refractivity contribution >= 4 is 33.2 Å². The van der Waals surface area contributed by atoms with Gasteiger partial charge < -0.3 is 0 Å². The SMILES string of the molecule is Cc1cc2c(=O)n(Cc3c(F)cccc3Cl)c(C)nc2s1. The number of aromatic nitrogens is 2. The summed E-state index contributed by atoms with van der Waals surface area (Å²) < 4.78 is 15.4. The second-order valence-electron chi connectivity index (χ2n) is 4.83. The summed E-state index contributed by atoms with van der Waals surface area (Å²) in [4.78, 5) is 18.7. The maximum atomic E-state index is 13.9. The Kier molecular flexibility index (Phi) is 3.55. The topological polar surface area (TPSA) is 34.9 Å². The number of aryl methyl sites for hydroxylation is 2. The van der Waals surface area contributed by atoms with E-state index in [9.17, 15) is 9.18 Å². The zero-order chi connectivity index (χ0) is 15.1. The van der Waals surface area contributed by atoms with E-state index in [4.69, 9.17) is 11.6 Å². The Morgan fingerprint density at radius 2 is 2.14 bits per heavy atom. The smallest absolute Gasteiger partial charge is 0.262 e. The molecule has 0 radical (unpaired) electrons. The Bertz CT molecular complexity index is 880. The number of halogens is 2. The van der Waals surface area contributed by atoms with E-state index in [0.717, 1.165) is 4.88 Å². The Labute approximate surface area is 129 Å². The number of thiophene rings is 1. The highest BCUT2D eigenvalue weighted by molar-refractivity contribution is 7.18. The number of hydrogen-bond acceptors (Lipinski definition) is 3. The van der Waals surface area contributed by atoms with Crippen LogP contribution in [0.4, 0.5) is 4.39 Å². The van der Waals surface area contributed by atoms with Crippen molar-refractivity contribution in [3.05, 3.63) is 61.7 Å². The third kappa shape index (κ3) is 2.47. The predicted octanol–water partition coefficient (Wildman–Crippen LogP) is 3.92. The van der Waals surface area contributed by atoms with Gasteiger partial charge in [-0.15, -0.1) is 11.3 Å². The summed E-state index contributed by atoms with van der Waals surface area (Å²) in [6.07, 6.45) is 0. The molecule has 21 heavy (non-hydrogen) atoms. The van der Waals surface area contributed by atoms with E-state index in [1.54, 1.807) is 19.1 Å². The van der Waals surface area contributed by atoms with E-state index in [2.05, 4.69) is 4.98 Å². The maximum Gasteiger partial charge on any atom is 0.262 e. The van der Waals surface area contributed by atoms with Gasteiger partial charge in [-0.3, -0.25) is 9.36 Å². The van der Waals surface area contributed by atoms with Crippen molar-refractivity contribution in [1.82, 2.24) is 9.55 Å². The molecule has 0 aliphatic rings. The van der Waals surface area contributed by atoms with Crippen molar-refractivity contribution in [1.29, 1.82) is 0 Å². The summed E-state index contributed by atoms with van der Waals surface area (Å²) in [5.41, 5.74) is 0.138. The lowest BCUT2D eigenvalue weighted by Crippen LogP contribution is -2.24. The van der Waals surface area contributed by atoms with Crippen molar-refractivity contribution < 1.29 is 4.39 Å². The van der Waals surface area contributed by atoms with Crippen LogP contribution in [0.2, 0.25) is 5.02 Å². The molecule has 0 atom stereocenters. The lowest BCUT2D eigenvalue weighted by atomic mass is 10.2. The second-order valence-corrected chi connectivity index (χ2v) is 6.47. The molecular weight excluding hydrogens is 311 g/mol. The highest BCUT2D eigenvalue weighted by Crippen LogP contribution is 2.23. The molecular formula is C15H12ClFN2OS. The summed E-state index contributed by atoms with van der Waals surface area (Å²) in [6.45, 7) is 3.75. The standard InChI is InChI=1S/C15H12ClFN2OS/c1-8-6-10-14(21-8)18-9(2)19(15(10)20)7-11-12(16)4-3-5-13(11)17/h3-6H,7H2,1-2H3. The van der Waals surface area contributed by atoms with Gasteiger partial charge in [0.2, 0.25) is 0 Å². The average molecular weight is 323 g/mol. The maximum absolute atomic E-state index is 13.9. The summed E-state index contributed by atoms with van der Waals surface area (Å²) in [6, 6.07) is 6.30. The number of fused-ring (bicyclic) bond motifs is 1. The quantitative estimate of drug-likeness (QED) is 0.717. The van der Waals surface area contributed by atoms with Gasteiger partial charge in [-0.05, 0) is 32.0 Å². The van der Waals surface area contributed by atoms with E-state index < -0.39 is 5.82 Å². The van der Waals surface area contributed by atoms with Crippen LogP contribution in [-0.4, -0.2) is 9.55 Å². The Morgan fingerprint density at radius 3 is 2.86 bits per heavy atom. The summed E-state index contributed by atoms with van der Waals surface area (Å²) >= 11 is 7.51. The van der Waals surface area contributed by atoms with Crippen LogP contribution in [0.15, 0.2) is 29.1 Å². The van der Waals surface area contributed by atoms with Gasteiger partial charge >= 0.3 is 0 Å². The van der Waals surface area contributed by atoms with E-state index in [0.29, 0.717) is 26.6 Å². The fraction of sp³-hybridized carbons (Fsp3) is 0.200. The zero-order valence-electron chi connectivity index (χ0n) is 11.5. The minimum Gasteiger partial charge on any atom is -0.292 e. The largest absolute Gasteiger partial charge is 0.292 e. The van der Waals surface area contributed by atoms with Crippen LogP contribution in [0, 0.1) is 19.7 Å². The third-order valence-corrected chi connectivity index (χ3v) is 4.64. The molecule has 0 N–H and O–H groups in total. The molecule has 0 saturated heterocycles. The van der Waals surface area contributed by atoms with E-state index >= 15 is 0 Å². The molecule has 0 amide bonds. The van der Waals surface area contributed by atoms with Gasteiger partial charge in [-0.2, -0.15) is 0 Å². The monoisotopic (exact) mass is 322 g/mol. The molecule has 0 spiro atoms. The molecule has 2 heterocycles. The van der Waals surface area contributed by atoms with Gasteiger partial charge in [0.25, 0.3) is 5.56 Å². The molecule has 3 nitrogen and oxygen atoms in total. The average Bonchev–Trinajstić information content (AvgIpc) is 2.78. The molecule has 0 aliphatic heterocycles. The van der Waals surface area contributed by atoms with E-state index in [1.165, 1.54) is 22.0 Å². The number of rotatable bonds is 2. The second kappa shape index (κ2) is 5.24. The minimum absolute atomic E-state index is 0.0774.